The maximum Gasteiger partial charge on any atom is 0.213 e. The SMILES string of the molecule is CCOc1ccc(C2=NN3C(C2)c2cc(Cl)ccc2OC3c2ccc(Cl)cc2)cc1. The van der Waals surface area contributed by atoms with E-state index in [1.54, 1.807) is 0 Å². The van der Waals surface area contributed by atoms with Gasteiger partial charge in [0, 0.05) is 27.6 Å². The van der Waals surface area contributed by atoms with Gasteiger partial charge in [-0.25, -0.2) is 5.01 Å². The van der Waals surface area contributed by atoms with Crippen LogP contribution in [0.1, 0.15) is 42.3 Å². The van der Waals surface area contributed by atoms with Crippen molar-refractivity contribution in [2.45, 2.75) is 25.6 Å². The lowest BCUT2D eigenvalue weighted by Crippen LogP contribution is -2.33. The van der Waals surface area contributed by atoms with E-state index in [0.717, 1.165) is 40.3 Å². The minimum Gasteiger partial charge on any atom is -0.494 e. The minimum atomic E-state index is -0.332. The van der Waals surface area contributed by atoms with Crippen LogP contribution in [0.3, 0.4) is 0 Å². The van der Waals surface area contributed by atoms with Gasteiger partial charge in [-0.1, -0.05) is 35.3 Å². The van der Waals surface area contributed by atoms with Crippen molar-refractivity contribution in [2.24, 2.45) is 5.10 Å². The second kappa shape index (κ2) is 7.86. The van der Waals surface area contributed by atoms with Gasteiger partial charge in [0.15, 0.2) is 0 Å². The van der Waals surface area contributed by atoms with Gasteiger partial charge in [0.2, 0.25) is 6.23 Å². The molecular weight excluding hydrogens is 419 g/mol. The van der Waals surface area contributed by atoms with E-state index < -0.39 is 0 Å². The van der Waals surface area contributed by atoms with Gasteiger partial charge in [0.1, 0.15) is 11.5 Å². The van der Waals surface area contributed by atoms with E-state index in [9.17, 15) is 0 Å². The van der Waals surface area contributed by atoms with E-state index in [-0.39, 0.29) is 12.3 Å². The molecule has 3 aromatic rings. The standard InChI is InChI=1S/C24H20Cl2N2O2/c1-2-29-19-10-5-15(6-11-19)21-14-22-20-13-18(26)9-12-23(20)30-24(28(22)27-21)16-3-7-17(25)8-4-16/h3-13,22,24H,2,14H2,1H3. The molecule has 0 bridgehead atoms. The molecule has 3 aromatic carbocycles. The van der Waals surface area contributed by atoms with Gasteiger partial charge >= 0.3 is 0 Å². The molecule has 30 heavy (non-hydrogen) atoms. The molecule has 2 unspecified atom stereocenters. The number of fused-ring (bicyclic) bond motifs is 3. The molecule has 6 heteroatoms. The molecule has 0 saturated carbocycles. The van der Waals surface area contributed by atoms with E-state index in [4.69, 9.17) is 37.8 Å². The largest absolute Gasteiger partial charge is 0.494 e. The zero-order chi connectivity index (χ0) is 20.7. The van der Waals surface area contributed by atoms with Crippen molar-refractivity contribution in [1.82, 2.24) is 5.01 Å². The molecule has 152 valence electrons. The molecule has 5 rings (SSSR count). The first-order chi connectivity index (χ1) is 14.6. The van der Waals surface area contributed by atoms with Gasteiger partial charge in [-0.05, 0) is 67.1 Å². The van der Waals surface area contributed by atoms with E-state index in [0.29, 0.717) is 16.7 Å². The first-order valence-corrected chi connectivity index (χ1v) is 10.7. The molecule has 0 aromatic heterocycles. The second-order valence-corrected chi connectivity index (χ2v) is 8.18. The maximum atomic E-state index is 6.36. The molecule has 2 heterocycles. The predicted octanol–water partition coefficient (Wildman–Crippen LogP) is 6.63. The summed E-state index contributed by atoms with van der Waals surface area (Å²) in [5.41, 5.74) is 4.14. The van der Waals surface area contributed by atoms with Crippen molar-refractivity contribution in [3.8, 4) is 11.5 Å². The highest BCUT2D eigenvalue weighted by molar-refractivity contribution is 6.30. The number of hydrogen-bond acceptors (Lipinski definition) is 4. The molecule has 0 fully saturated rings. The Bertz CT molecular complexity index is 1100. The summed E-state index contributed by atoms with van der Waals surface area (Å²) < 4.78 is 11.9. The van der Waals surface area contributed by atoms with Crippen LogP contribution in [0.4, 0.5) is 0 Å². The Hall–Kier alpha value is -2.69. The molecule has 2 atom stereocenters. The summed E-state index contributed by atoms with van der Waals surface area (Å²) in [7, 11) is 0. The Labute approximate surface area is 185 Å². The van der Waals surface area contributed by atoms with Crippen LogP contribution in [0.2, 0.25) is 10.0 Å². The van der Waals surface area contributed by atoms with Crippen molar-refractivity contribution in [1.29, 1.82) is 0 Å². The Morgan fingerprint density at radius 2 is 1.73 bits per heavy atom. The quantitative estimate of drug-likeness (QED) is 0.457. The van der Waals surface area contributed by atoms with Crippen molar-refractivity contribution >= 4 is 28.9 Å². The average Bonchev–Trinajstić information content (AvgIpc) is 3.21. The van der Waals surface area contributed by atoms with Crippen LogP contribution in [-0.2, 0) is 0 Å². The third-order valence-corrected chi connectivity index (χ3v) is 5.89. The smallest absolute Gasteiger partial charge is 0.213 e. The van der Waals surface area contributed by atoms with Crippen molar-refractivity contribution in [3.63, 3.8) is 0 Å². The summed E-state index contributed by atoms with van der Waals surface area (Å²) in [5, 5.41) is 8.39. The van der Waals surface area contributed by atoms with E-state index in [2.05, 4.69) is 12.1 Å². The van der Waals surface area contributed by atoms with Crippen LogP contribution in [0, 0.1) is 0 Å². The number of ether oxygens (including phenoxy) is 2. The van der Waals surface area contributed by atoms with Gasteiger partial charge in [-0.2, -0.15) is 5.10 Å². The number of hydrogen-bond donors (Lipinski definition) is 0. The number of benzene rings is 3. The van der Waals surface area contributed by atoms with Gasteiger partial charge in [0.05, 0.1) is 18.4 Å². The van der Waals surface area contributed by atoms with Gasteiger partial charge in [-0.15, -0.1) is 0 Å². The van der Waals surface area contributed by atoms with E-state index >= 15 is 0 Å². The summed E-state index contributed by atoms with van der Waals surface area (Å²) in [6, 6.07) is 21.6. The summed E-state index contributed by atoms with van der Waals surface area (Å²) >= 11 is 12.4. The molecular formula is C24H20Cl2N2O2. The van der Waals surface area contributed by atoms with Gasteiger partial charge < -0.3 is 9.47 Å². The topological polar surface area (TPSA) is 34.1 Å². The van der Waals surface area contributed by atoms with Crippen molar-refractivity contribution in [3.05, 3.63) is 93.5 Å². The molecule has 0 aliphatic carbocycles. The minimum absolute atomic E-state index is 0.0506. The fourth-order valence-electron chi connectivity index (χ4n) is 3.99. The van der Waals surface area contributed by atoms with Crippen LogP contribution in [0.5, 0.6) is 11.5 Å². The van der Waals surface area contributed by atoms with Gasteiger partial charge in [-0.3, -0.25) is 0 Å². The van der Waals surface area contributed by atoms with Crippen LogP contribution >= 0.6 is 23.2 Å². The maximum absolute atomic E-state index is 6.36. The Balaban J connectivity index is 1.54. The monoisotopic (exact) mass is 438 g/mol. The first kappa shape index (κ1) is 19.3. The molecule has 0 amide bonds. The summed E-state index contributed by atoms with van der Waals surface area (Å²) in [6.45, 7) is 2.63. The summed E-state index contributed by atoms with van der Waals surface area (Å²) in [4.78, 5) is 0. The highest BCUT2D eigenvalue weighted by Gasteiger charge is 2.41. The van der Waals surface area contributed by atoms with Crippen molar-refractivity contribution < 1.29 is 9.47 Å². The van der Waals surface area contributed by atoms with Crippen LogP contribution in [-0.4, -0.2) is 17.3 Å². The van der Waals surface area contributed by atoms with Crippen LogP contribution in [0.15, 0.2) is 71.8 Å². The fourth-order valence-corrected chi connectivity index (χ4v) is 4.30. The number of rotatable bonds is 4. The third-order valence-electron chi connectivity index (χ3n) is 5.41. The second-order valence-electron chi connectivity index (χ2n) is 7.31. The van der Waals surface area contributed by atoms with E-state index in [1.807, 2.05) is 66.5 Å². The number of hydrazone groups is 1. The lowest BCUT2D eigenvalue weighted by atomic mass is 9.96. The summed E-state index contributed by atoms with van der Waals surface area (Å²) in [6.07, 6.45) is 0.440. The molecule has 0 radical (unpaired) electrons. The molecule has 0 N–H and O–H groups in total. The average molecular weight is 439 g/mol. The highest BCUT2D eigenvalue weighted by atomic mass is 35.5. The molecule has 0 saturated heterocycles. The van der Waals surface area contributed by atoms with Crippen LogP contribution < -0.4 is 9.47 Å². The van der Waals surface area contributed by atoms with Crippen molar-refractivity contribution in [2.75, 3.05) is 6.61 Å². The number of nitrogens with zero attached hydrogens (tertiary/aromatic N) is 2. The number of halogens is 2. The zero-order valence-corrected chi connectivity index (χ0v) is 17.9. The predicted molar refractivity (Wildman–Crippen MR) is 120 cm³/mol. The summed E-state index contributed by atoms with van der Waals surface area (Å²) in [5.74, 6) is 1.70. The molecule has 0 spiro atoms. The molecule has 2 aliphatic rings. The fraction of sp³-hybridized carbons (Fsp3) is 0.208. The Morgan fingerprint density at radius 1 is 1.00 bits per heavy atom. The lowest BCUT2D eigenvalue weighted by Gasteiger charge is -2.38. The first-order valence-electron chi connectivity index (χ1n) is 9.93. The molecule has 2 aliphatic heterocycles. The Morgan fingerprint density at radius 3 is 2.47 bits per heavy atom. The normalized spacial score (nSPS) is 19.6. The zero-order valence-electron chi connectivity index (χ0n) is 16.4. The van der Waals surface area contributed by atoms with Gasteiger partial charge in [0.25, 0.3) is 0 Å². The third kappa shape index (κ3) is 3.51. The Kier molecular flexibility index (Phi) is 5.05. The highest BCUT2D eigenvalue weighted by Crippen LogP contribution is 2.48. The van der Waals surface area contributed by atoms with E-state index in [1.165, 1.54) is 0 Å². The molecule has 4 nitrogen and oxygen atoms in total. The van der Waals surface area contributed by atoms with Crippen LogP contribution in [0.25, 0.3) is 0 Å². The lowest BCUT2D eigenvalue weighted by molar-refractivity contribution is -0.0190.